The van der Waals surface area contributed by atoms with E-state index in [1.807, 2.05) is 0 Å². The number of nitrogens with one attached hydrogen (secondary N) is 2. The van der Waals surface area contributed by atoms with Crippen molar-refractivity contribution in [3.05, 3.63) is 57.5 Å². The van der Waals surface area contributed by atoms with Gasteiger partial charge >= 0.3 is 12.3 Å². The highest BCUT2D eigenvalue weighted by molar-refractivity contribution is 5.92. The van der Waals surface area contributed by atoms with Gasteiger partial charge in [-0.3, -0.25) is 9.59 Å². The highest BCUT2D eigenvalue weighted by Gasteiger charge is 2.34. The van der Waals surface area contributed by atoms with Crippen LogP contribution in [0.4, 0.5) is 18.0 Å². The number of carbonyl (C=O) groups is 2. The van der Waals surface area contributed by atoms with Crippen molar-refractivity contribution in [3.63, 3.8) is 0 Å². The van der Waals surface area contributed by atoms with Crippen LogP contribution < -0.4 is 16.1 Å². The lowest BCUT2D eigenvalue weighted by Gasteiger charge is -2.16. The van der Waals surface area contributed by atoms with E-state index < -0.39 is 34.9 Å². The van der Waals surface area contributed by atoms with Gasteiger partial charge in [-0.25, -0.2) is 9.48 Å². The molecule has 0 unspecified atom stereocenters. The second kappa shape index (κ2) is 9.22. The van der Waals surface area contributed by atoms with Crippen LogP contribution in [0.5, 0.6) is 0 Å². The first-order chi connectivity index (χ1) is 13.6. The zero-order chi connectivity index (χ0) is 21.6. The molecule has 1 aromatic carbocycles. The van der Waals surface area contributed by atoms with E-state index in [2.05, 4.69) is 20.5 Å². The summed E-state index contributed by atoms with van der Waals surface area (Å²) in [5, 5.41) is 8.58. The van der Waals surface area contributed by atoms with Crippen LogP contribution in [0.25, 0.3) is 5.69 Å². The van der Waals surface area contributed by atoms with Gasteiger partial charge in [0.25, 0.3) is 5.91 Å². The predicted octanol–water partition coefficient (Wildman–Crippen LogP) is 2.04. The summed E-state index contributed by atoms with van der Waals surface area (Å²) in [5.41, 5.74) is -2.44. The third-order valence-electron chi connectivity index (χ3n) is 3.72. The molecule has 2 N–H and O–H groups in total. The first-order valence-corrected chi connectivity index (χ1v) is 8.61. The second-order valence-electron chi connectivity index (χ2n) is 5.83. The SMILES string of the molecule is CCOC(=O)NCCNC(=O)c1nn(-c2ccccc2C(F)(F)F)c(C)cc1=O. The maximum Gasteiger partial charge on any atom is 0.418 e. The maximum absolute atomic E-state index is 13.3. The predicted molar refractivity (Wildman–Crippen MR) is 96.9 cm³/mol. The summed E-state index contributed by atoms with van der Waals surface area (Å²) in [5.74, 6) is -0.876. The number of alkyl carbamates (subject to hydrolysis) is 1. The van der Waals surface area contributed by atoms with Crippen LogP contribution >= 0.6 is 0 Å². The molecule has 0 bridgehead atoms. The number of alkyl halides is 3. The van der Waals surface area contributed by atoms with Crippen molar-refractivity contribution in [2.24, 2.45) is 0 Å². The molecule has 0 aliphatic rings. The molecule has 156 valence electrons. The molecule has 8 nitrogen and oxygen atoms in total. The molecule has 2 aromatic rings. The number of carbonyl (C=O) groups excluding carboxylic acids is 2. The van der Waals surface area contributed by atoms with E-state index >= 15 is 0 Å². The van der Waals surface area contributed by atoms with Gasteiger partial charge in [-0.15, -0.1) is 0 Å². The lowest BCUT2D eigenvalue weighted by molar-refractivity contribution is -0.137. The Morgan fingerprint density at radius 2 is 1.83 bits per heavy atom. The summed E-state index contributed by atoms with van der Waals surface area (Å²) < 4.78 is 45.5. The number of nitrogens with zero attached hydrogens (tertiary/aromatic N) is 2. The highest BCUT2D eigenvalue weighted by atomic mass is 19.4. The highest BCUT2D eigenvalue weighted by Crippen LogP contribution is 2.33. The third kappa shape index (κ3) is 5.56. The second-order valence-corrected chi connectivity index (χ2v) is 5.83. The van der Waals surface area contributed by atoms with E-state index in [1.165, 1.54) is 25.1 Å². The maximum atomic E-state index is 13.3. The van der Waals surface area contributed by atoms with Gasteiger partial charge in [-0.2, -0.15) is 18.3 Å². The summed E-state index contributed by atoms with van der Waals surface area (Å²) in [6.07, 6.45) is -5.31. The van der Waals surface area contributed by atoms with Crippen LogP contribution in [0.3, 0.4) is 0 Å². The zero-order valence-corrected chi connectivity index (χ0v) is 15.7. The largest absolute Gasteiger partial charge is 0.450 e. The van der Waals surface area contributed by atoms with E-state index in [0.29, 0.717) is 0 Å². The molecule has 2 rings (SSSR count). The van der Waals surface area contributed by atoms with E-state index in [0.717, 1.165) is 16.8 Å². The minimum absolute atomic E-state index is 0.0293. The quantitative estimate of drug-likeness (QED) is 0.707. The summed E-state index contributed by atoms with van der Waals surface area (Å²) in [4.78, 5) is 35.5. The fourth-order valence-electron chi connectivity index (χ4n) is 2.45. The molecule has 29 heavy (non-hydrogen) atoms. The number of benzene rings is 1. The number of hydrogen-bond donors (Lipinski definition) is 2. The Kier molecular flexibility index (Phi) is 6.97. The normalized spacial score (nSPS) is 11.1. The Hall–Kier alpha value is -3.37. The van der Waals surface area contributed by atoms with Crippen molar-refractivity contribution in [2.75, 3.05) is 19.7 Å². The van der Waals surface area contributed by atoms with Crippen molar-refractivity contribution in [3.8, 4) is 5.69 Å². The fraction of sp³-hybridized carbons (Fsp3) is 0.333. The zero-order valence-electron chi connectivity index (χ0n) is 15.7. The molecule has 0 aliphatic carbocycles. The lowest BCUT2D eigenvalue weighted by Crippen LogP contribution is -2.37. The number of amides is 2. The Morgan fingerprint density at radius 1 is 1.17 bits per heavy atom. The average molecular weight is 412 g/mol. The van der Waals surface area contributed by atoms with Crippen LogP contribution in [-0.2, 0) is 10.9 Å². The van der Waals surface area contributed by atoms with Gasteiger partial charge in [0.05, 0.1) is 17.9 Å². The Morgan fingerprint density at radius 3 is 2.48 bits per heavy atom. The van der Waals surface area contributed by atoms with Crippen LogP contribution in [0, 0.1) is 6.92 Å². The van der Waals surface area contributed by atoms with Gasteiger partial charge in [-0.05, 0) is 26.0 Å². The van der Waals surface area contributed by atoms with Gasteiger partial charge in [0.1, 0.15) is 0 Å². The number of halogens is 3. The van der Waals surface area contributed by atoms with Crippen LogP contribution in [-0.4, -0.2) is 41.5 Å². The van der Waals surface area contributed by atoms with Gasteiger partial charge < -0.3 is 15.4 Å². The summed E-state index contributed by atoms with van der Waals surface area (Å²) in [7, 11) is 0. The number of para-hydroxylation sites is 1. The molecule has 2 amide bonds. The Balaban J connectivity index is 2.26. The van der Waals surface area contributed by atoms with Crippen molar-refractivity contribution in [1.82, 2.24) is 20.4 Å². The van der Waals surface area contributed by atoms with Crippen molar-refractivity contribution >= 4 is 12.0 Å². The summed E-state index contributed by atoms with van der Waals surface area (Å²) in [6, 6.07) is 5.73. The van der Waals surface area contributed by atoms with Gasteiger partial charge in [0, 0.05) is 24.8 Å². The number of rotatable bonds is 6. The summed E-state index contributed by atoms with van der Waals surface area (Å²) in [6.45, 7) is 3.22. The molecule has 0 saturated heterocycles. The molecule has 0 fully saturated rings. The molecule has 0 saturated carbocycles. The summed E-state index contributed by atoms with van der Waals surface area (Å²) >= 11 is 0. The number of aromatic nitrogens is 2. The molecule has 1 aromatic heterocycles. The average Bonchev–Trinajstić information content (AvgIpc) is 2.65. The van der Waals surface area contributed by atoms with E-state index in [9.17, 15) is 27.6 Å². The van der Waals surface area contributed by atoms with Crippen LogP contribution in [0.2, 0.25) is 0 Å². The Bertz CT molecular complexity index is 957. The standard InChI is InChI=1S/C18H19F3N4O4/c1-3-29-17(28)23-9-8-22-16(27)15-14(26)10-11(2)25(24-15)13-7-5-4-6-12(13)18(19,20)21/h4-7,10H,3,8-9H2,1-2H3,(H,22,27)(H,23,28). The minimum Gasteiger partial charge on any atom is -0.450 e. The molecule has 0 aliphatic heterocycles. The first kappa shape index (κ1) is 21.9. The van der Waals surface area contributed by atoms with Gasteiger partial charge in [-0.1, -0.05) is 12.1 Å². The van der Waals surface area contributed by atoms with E-state index in [-0.39, 0.29) is 31.1 Å². The van der Waals surface area contributed by atoms with Crippen molar-refractivity contribution in [2.45, 2.75) is 20.0 Å². The smallest absolute Gasteiger partial charge is 0.418 e. The monoisotopic (exact) mass is 412 g/mol. The Labute approximate surface area is 163 Å². The molecule has 0 atom stereocenters. The number of hydrogen-bond acceptors (Lipinski definition) is 5. The first-order valence-electron chi connectivity index (χ1n) is 8.61. The third-order valence-corrected chi connectivity index (χ3v) is 3.72. The molecule has 0 spiro atoms. The number of aryl methyl sites for hydroxylation is 1. The lowest BCUT2D eigenvalue weighted by atomic mass is 10.1. The molecule has 0 radical (unpaired) electrons. The van der Waals surface area contributed by atoms with Gasteiger partial charge in [0.15, 0.2) is 5.69 Å². The van der Waals surface area contributed by atoms with Crippen LogP contribution in [0.15, 0.2) is 35.1 Å². The van der Waals surface area contributed by atoms with E-state index in [4.69, 9.17) is 0 Å². The number of ether oxygens (including phenoxy) is 1. The topological polar surface area (TPSA) is 102 Å². The molecular weight excluding hydrogens is 393 g/mol. The molecular formula is C18H19F3N4O4. The van der Waals surface area contributed by atoms with Gasteiger partial charge in [0.2, 0.25) is 5.43 Å². The molecule has 1 heterocycles. The van der Waals surface area contributed by atoms with Crippen LogP contribution in [0.1, 0.15) is 28.7 Å². The van der Waals surface area contributed by atoms with Crippen molar-refractivity contribution < 1.29 is 27.5 Å². The van der Waals surface area contributed by atoms with E-state index in [1.54, 1.807) is 6.92 Å². The minimum atomic E-state index is -4.64. The van der Waals surface area contributed by atoms with Crippen molar-refractivity contribution in [1.29, 1.82) is 0 Å². The molecule has 11 heteroatoms. The fourth-order valence-corrected chi connectivity index (χ4v) is 2.45.